The van der Waals surface area contributed by atoms with Gasteiger partial charge in [-0.25, -0.2) is 0 Å². The SMILES string of the molecule is CCC(NC1CCC(N)CC1)c1cccc(Cl)c1. The lowest BCUT2D eigenvalue weighted by atomic mass is 9.90. The quantitative estimate of drug-likeness (QED) is 0.873. The lowest BCUT2D eigenvalue weighted by molar-refractivity contribution is 0.312. The predicted molar refractivity (Wildman–Crippen MR) is 77.9 cm³/mol. The van der Waals surface area contributed by atoms with E-state index in [4.69, 9.17) is 17.3 Å². The molecule has 0 aliphatic heterocycles. The molecule has 3 heteroatoms. The van der Waals surface area contributed by atoms with Crippen molar-refractivity contribution in [3.8, 4) is 0 Å². The molecule has 1 saturated carbocycles. The first-order valence-corrected chi connectivity index (χ1v) is 7.34. The molecule has 100 valence electrons. The number of halogens is 1. The van der Waals surface area contributed by atoms with Crippen molar-refractivity contribution < 1.29 is 0 Å². The molecule has 0 radical (unpaired) electrons. The topological polar surface area (TPSA) is 38.0 Å². The molecule has 0 saturated heterocycles. The Morgan fingerprint density at radius 2 is 2.06 bits per heavy atom. The Bertz CT molecular complexity index is 373. The molecule has 1 unspecified atom stereocenters. The Labute approximate surface area is 115 Å². The van der Waals surface area contributed by atoms with E-state index in [0.717, 1.165) is 24.3 Å². The van der Waals surface area contributed by atoms with Crippen LogP contribution < -0.4 is 11.1 Å². The number of nitrogens with one attached hydrogen (secondary N) is 1. The molecule has 1 aliphatic rings. The first-order chi connectivity index (χ1) is 8.69. The number of hydrogen-bond acceptors (Lipinski definition) is 2. The van der Waals surface area contributed by atoms with Crippen LogP contribution >= 0.6 is 11.6 Å². The van der Waals surface area contributed by atoms with Gasteiger partial charge in [0, 0.05) is 23.1 Å². The van der Waals surface area contributed by atoms with Gasteiger partial charge in [0.2, 0.25) is 0 Å². The summed E-state index contributed by atoms with van der Waals surface area (Å²) >= 11 is 6.06. The minimum absolute atomic E-state index is 0.406. The number of nitrogens with two attached hydrogens (primary N) is 1. The summed E-state index contributed by atoms with van der Waals surface area (Å²) in [6.07, 6.45) is 5.76. The van der Waals surface area contributed by atoms with Crippen LogP contribution in [-0.2, 0) is 0 Å². The highest BCUT2D eigenvalue weighted by Gasteiger charge is 2.21. The molecule has 1 fully saturated rings. The standard InChI is InChI=1S/C15H23ClN2/c1-2-15(11-4-3-5-12(16)10-11)18-14-8-6-13(17)7-9-14/h3-5,10,13-15,18H,2,6-9,17H2,1H3. The molecule has 1 aromatic carbocycles. The van der Waals surface area contributed by atoms with Crippen molar-refractivity contribution in [3.05, 3.63) is 34.9 Å². The number of hydrogen-bond donors (Lipinski definition) is 2. The van der Waals surface area contributed by atoms with Gasteiger partial charge >= 0.3 is 0 Å². The van der Waals surface area contributed by atoms with Gasteiger partial charge in [0.25, 0.3) is 0 Å². The molecule has 18 heavy (non-hydrogen) atoms. The van der Waals surface area contributed by atoms with E-state index in [1.807, 2.05) is 12.1 Å². The lowest BCUT2D eigenvalue weighted by Gasteiger charge is -2.30. The minimum atomic E-state index is 0.406. The van der Waals surface area contributed by atoms with Gasteiger partial charge in [-0.1, -0.05) is 30.7 Å². The maximum atomic E-state index is 6.06. The van der Waals surface area contributed by atoms with Gasteiger partial charge in [-0.2, -0.15) is 0 Å². The maximum Gasteiger partial charge on any atom is 0.0409 e. The minimum Gasteiger partial charge on any atom is -0.328 e. The fraction of sp³-hybridized carbons (Fsp3) is 0.600. The second-order valence-electron chi connectivity index (χ2n) is 5.29. The van der Waals surface area contributed by atoms with Crippen LogP contribution in [0.5, 0.6) is 0 Å². The highest BCUT2D eigenvalue weighted by molar-refractivity contribution is 6.30. The zero-order valence-corrected chi connectivity index (χ0v) is 11.8. The molecule has 0 amide bonds. The normalized spacial score (nSPS) is 25.9. The number of rotatable bonds is 4. The Morgan fingerprint density at radius 3 is 2.67 bits per heavy atom. The summed E-state index contributed by atoms with van der Waals surface area (Å²) in [6, 6.07) is 9.60. The Morgan fingerprint density at radius 1 is 1.33 bits per heavy atom. The van der Waals surface area contributed by atoms with E-state index >= 15 is 0 Å². The fourth-order valence-corrected chi connectivity index (χ4v) is 2.94. The number of benzene rings is 1. The average molecular weight is 267 g/mol. The lowest BCUT2D eigenvalue weighted by Crippen LogP contribution is -2.39. The summed E-state index contributed by atoms with van der Waals surface area (Å²) < 4.78 is 0. The van der Waals surface area contributed by atoms with Gasteiger partial charge in [-0.15, -0.1) is 0 Å². The van der Waals surface area contributed by atoms with E-state index in [1.165, 1.54) is 18.4 Å². The molecule has 1 aliphatic carbocycles. The summed E-state index contributed by atoms with van der Waals surface area (Å²) in [6.45, 7) is 2.22. The predicted octanol–water partition coefficient (Wildman–Crippen LogP) is 3.65. The third-order valence-electron chi connectivity index (χ3n) is 3.87. The third-order valence-corrected chi connectivity index (χ3v) is 4.10. The van der Waals surface area contributed by atoms with Gasteiger partial charge in [0.1, 0.15) is 0 Å². The summed E-state index contributed by atoms with van der Waals surface area (Å²) in [5, 5.41) is 4.57. The largest absolute Gasteiger partial charge is 0.328 e. The molecule has 0 bridgehead atoms. The average Bonchev–Trinajstić information content (AvgIpc) is 2.38. The van der Waals surface area contributed by atoms with E-state index in [9.17, 15) is 0 Å². The summed E-state index contributed by atoms with van der Waals surface area (Å²) in [5.74, 6) is 0. The van der Waals surface area contributed by atoms with Crippen LogP contribution in [0, 0.1) is 0 Å². The molecule has 0 spiro atoms. The van der Waals surface area contributed by atoms with Crippen LogP contribution in [0.3, 0.4) is 0 Å². The van der Waals surface area contributed by atoms with E-state index in [0.29, 0.717) is 18.1 Å². The Balaban J connectivity index is 1.97. The van der Waals surface area contributed by atoms with E-state index < -0.39 is 0 Å². The molecular formula is C15H23ClN2. The zero-order chi connectivity index (χ0) is 13.0. The Hall–Kier alpha value is -0.570. The van der Waals surface area contributed by atoms with Crippen LogP contribution in [0.25, 0.3) is 0 Å². The monoisotopic (exact) mass is 266 g/mol. The smallest absolute Gasteiger partial charge is 0.0409 e. The second-order valence-corrected chi connectivity index (χ2v) is 5.73. The van der Waals surface area contributed by atoms with Gasteiger partial charge in [-0.05, 0) is 49.8 Å². The van der Waals surface area contributed by atoms with Crippen molar-refractivity contribution in [2.75, 3.05) is 0 Å². The first-order valence-electron chi connectivity index (χ1n) is 6.96. The molecule has 1 aromatic rings. The van der Waals surface area contributed by atoms with Crippen LogP contribution in [-0.4, -0.2) is 12.1 Å². The highest BCUT2D eigenvalue weighted by atomic mass is 35.5. The van der Waals surface area contributed by atoms with E-state index in [2.05, 4.69) is 24.4 Å². The van der Waals surface area contributed by atoms with Gasteiger partial charge in [0.05, 0.1) is 0 Å². The molecule has 2 nitrogen and oxygen atoms in total. The van der Waals surface area contributed by atoms with Gasteiger partial charge in [-0.3, -0.25) is 0 Å². The summed E-state index contributed by atoms with van der Waals surface area (Å²) in [4.78, 5) is 0. The van der Waals surface area contributed by atoms with Crippen molar-refractivity contribution in [2.24, 2.45) is 5.73 Å². The molecule has 1 atom stereocenters. The van der Waals surface area contributed by atoms with Crippen LogP contribution in [0.1, 0.15) is 50.6 Å². The summed E-state index contributed by atoms with van der Waals surface area (Å²) in [7, 11) is 0. The van der Waals surface area contributed by atoms with Crippen LogP contribution in [0.4, 0.5) is 0 Å². The summed E-state index contributed by atoms with van der Waals surface area (Å²) in [5.41, 5.74) is 7.24. The fourth-order valence-electron chi connectivity index (χ4n) is 2.74. The second kappa shape index (κ2) is 6.55. The van der Waals surface area contributed by atoms with Crippen molar-refractivity contribution in [3.63, 3.8) is 0 Å². The Kier molecular flexibility index (Phi) is 5.04. The maximum absolute atomic E-state index is 6.06. The van der Waals surface area contributed by atoms with Crippen molar-refractivity contribution >= 4 is 11.6 Å². The van der Waals surface area contributed by atoms with E-state index in [-0.39, 0.29) is 0 Å². The molecule has 0 heterocycles. The molecule has 2 rings (SSSR count). The first kappa shape index (κ1) is 13.9. The van der Waals surface area contributed by atoms with Crippen molar-refractivity contribution in [1.82, 2.24) is 5.32 Å². The van der Waals surface area contributed by atoms with Crippen LogP contribution in [0.2, 0.25) is 5.02 Å². The van der Waals surface area contributed by atoms with Gasteiger partial charge in [0.15, 0.2) is 0 Å². The van der Waals surface area contributed by atoms with E-state index in [1.54, 1.807) is 0 Å². The highest BCUT2D eigenvalue weighted by Crippen LogP contribution is 2.24. The van der Waals surface area contributed by atoms with Gasteiger partial charge < -0.3 is 11.1 Å². The third kappa shape index (κ3) is 3.71. The molecule has 0 aromatic heterocycles. The molecular weight excluding hydrogens is 244 g/mol. The van der Waals surface area contributed by atoms with Crippen molar-refractivity contribution in [2.45, 2.75) is 57.2 Å². The van der Waals surface area contributed by atoms with Crippen molar-refractivity contribution in [1.29, 1.82) is 0 Å². The zero-order valence-electron chi connectivity index (χ0n) is 11.0. The molecule has 3 N–H and O–H groups in total. The van der Waals surface area contributed by atoms with Crippen LogP contribution in [0.15, 0.2) is 24.3 Å².